The van der Waals surface area contributed by atoms with Crippen LogP contribution in [0.1, 0.15) is 434 Å². The molecule has 0 heterocycles. The highest BCUT2D eigenvalue weighted by atomic mass is 14.4. The van der Waals surface area contributed by atoms with Crippen molar-refractivity contribution in [2.24, 2.45) is 88.1 Å². The van der Waals surface area contributed by atoms with Crippen LogP contribution in [0.5, 0.6) is 0 Å². The summed E-state index contributed by atoms with van der Waals surface area (Å²) in [5.41, 5.74) is -3.93. The first-order valence-electron chi connectivity index (χ1n) is 41.9. The molecule has 1 atom stereocenters. The standard InChI is InChI=1S/C11H22.C10H20.2C9H20.2C8H18.2C7H16.C6H14/c1-10(2,3)11(4)8-6-5-7-9-11;1-9(2,3)10(4)7-5-6-8-10;1-8(2,3)7-9(4,5)6;1-7-9(5,6)8(2,3)4;1-7(2)6-8(3,4)5;1-6-7(2)8(3,4)5;1-6(2)7(3,4)5;1-5-6-7(2,3)4;1-5-6(2,3)4/h5-9H2,1-4H3;5-8H2,1-4H3;2*7H2,1-6H3;2*7H,6H2,1-5H3;6H,1-5H3;5-6H2,1-4H3;5H2,1-4H3/i;;7D2;5D3,6D3,7D2;6D2;2D3,6D2,7D;6D;5D2,6D2;5D2. The Morgan fingerprint density at radius 3 is 0.800 bits per heavy atom. The lowest BCUT2D eigenvalue weighted by Crippen LogP contribution is -2.34. The van der Waals surface area contributed by atoms with Crippen LogP contribution in [-0.4, -0.2) is 0 Å². The van der Waals surface area contributed by atoms with Crippen LogP contribution in [0.15, 0.2) is 0 Å². The minimum absolute atomic E-state index is 0.0903. The molecule has 0 aliphatic heterocycles. The fourth-order valence-corrected chi connectivity index (χ4v) is 7.10. The van der Waals surface area contributed by atoms with Crippen molar-refractivity contribution in [3.63, 3.8) is 0 Å². The first kappa shape index (κ1) is 47.5. The monoisotopic (exact) mass is 1090 g/mol. The van der Waals surface area contributed by atoms with Crippen molar-refractivity contribution in [1.82, 2.24) is 0 Å². The Morgan fingerprint density at radius 2 is 0.747 bits per heavy atom. The van der Waals surface area contributed by atoms with Gasteiger partial charge in [0, 0.05) is 34.3 Å². The van der Waals surface area contributed by atoms with Gasteiger partial charge < -0.3 is 0 Å². The van der Waals surface area contributed by atoms with E-state index < -0.39 is 92.7 Å². The summed E-state index contributed by atoms with van der Waals surface area (Å²) >= 11 is 0. The van der Waals surface area contributed by atoms with Crippen molar-refractivity contribution >= 4 is 0 Å². The minimum Gasteiger partial charge on any atom is -0.0654 e. The summed E-state index contributed by atoms with van der Waals surface area (Å²) in [6.45, 7) is 67.1. The van der Waals surface area contributed by atoms with Crippen molar-refractivity contribution in [3.8, 4) is 0 Å². The molecule has 0 aromatic rings. The summed E-state index contributed by atoms with van der Waals surface area (Å²) in [5.74, 6) is -2.33. The van der Waals surface area contributed by atoms with E-state index in [1.165, 1.54) is 85.5 Å². The van der Waals surface area contributed by atoms with E-state index in [-0.39, 0.29) is 38.9 Å². The predicted molar refractivity (Wildman–Crippen MR) is 360 cm³/mol. The molecule has 2 aliphatic rings. The van der Waals surface area contributed by atoms with Gasteiger partial charge in [0.2, 0.25) is 0 Å². The topological polar surface area (TPSA) is 0 Å². The Labute approximate surface area is 521 Å². The van der Waals surface area contributed by atoms with Gasteiger partial charge in [0.1, 0.15) is 0 Å². The van der Waals surface area contributed by atoms with E-state index in [1.54, 1.807) is 48.5 Å². The van der Waals surface area contributed by atoms with Gasteiger partial charge in [-0.05, 0) is 133 Å². The third-order valence-electron chi connectivity index (χ3n) is 14.0. The fraction of sp³-hybridized carbons (Fsp3) is 1.00. The molecule has 2 rings (SSSR count). The largest absolute Gasteiger partial charge is 0.0654 e. The average Bonchev–Trinajstić information content (AvgIpc) is 0.750. The molecular formula is C75H164. The summed E-state index contributed by atoms with van der Waals surface area (Å²) < 4.78 is 188. The maximum atomic E-state index is 7.94. The van der Waals surface area contributed by atoms with Crippen LogP contribution in [0, 0.1) is 88.1 Å². The Hall–Kier alpha value is 0. The van der Waals surface area contributed by atoms with Crippen molar-refractivity contribution in [2.45, 2.75) is 400 Å². The number of hydrogen-bond donors (Lipinski definition) is 0. The van der Waals surface area contributed by atoms with Crippen molar-refractivity contribution in [3.05, 3.63) is 0 Å². The predicted octanol–water partition coefficient (Wildman–Crippen LogP) is 28.7. The molecule has 1 unspecified atom stereocenters. The van der Waals surface area contributed by atoms with Gasteiger partial charge in [-0.1, -0.05) is 355 Å². The lowest BCUT2D eigenvalue weighted by atomic mass is 9.61. The van der Waals surface area contributed by atoms with Gasteiger partial charge in [0.05, 0.1) is 0 Å². The first-order chi connectivity index (χ1) is 41.9. The lowest BCUT2D eigenvalue weighted by Gasteiger charge is -2.45. The summed E-state index contributed by atoms with van der Waals surface area (Å²) in [6, 6.07) is 0. The van der Waals surface area contributed by atoms with Gasteiger partial charge in [0.15, 0.2) is 0 Å². The van der Waals surface area contributed by atoms with Gasteiger partial charge in [0.25, 0.3) is 0 Å². The van der Waals surface area contributed by atoms with E-state index in [4.69, 9.17) is 34.3 Å². The highest BCUT2D eigenvalue weighted by Gasteiger charge is 2.39. The molecule has 0 radical (unpaired) electrons. The van der Waals surface area contributed by atoms with E-state index >= 15 is 0 Å². The van der Waals surface area contributed by atoms with Gasteiger partial charge in [-0.25, -0.2) is 0 Å². The second kappa shape index (κ2) is 37.2. The SMILES string of the molecule is CC(C)(C)C1(C)CCCC1.CC(C)(C)C1(C)CCCCC1.[2H]C(C)(C)C(C)(C)C.[2H]C([2H])(C(C)(C)C)C(C)(C)C.[2H]C([2H])(C(C)C)C(C)(C)C.[2H]C([2H])(C)C(C)(C)C.[2H]C([2H])(C)C([2H])([2H])C(C)(C)C.[2H]C([2H])([2H])C(C([2H])([2H])[2H])(C([2H])([2H])C)C(C)(C)C.[2H]C([2H])([2H])C([2H])(C([2H])([2H])C)C(C)(C)C. The summed E-state index contributed by atoms with van der Waals surface area (Å²) in [4.78, 5) is 0. The molecular weight excluding hydrogens is 901 g/mol. The van der Waals surface area contributed by atoms with Gasteiger partial charge in [-0.15, -0.1) is 0 Å². The molecule has 0 nitrogen and oxygen atoms in total. The molecule has 75 heavy (non-hydrogen) atoms. The Bertz CT molecular complexity index is 2030. The molecule has 0 amide bonds. The second-order valence-corrected chi connectivity index (χ2v) is 33.1. The van der Waals surface area contributed by atoms with E-state index in [0.717, 1.165) is 13.8 Å². The molecule has 0 spiro atoms. The van der Waals surface area contributed by atoms with E-state index in [1.807, 2.05) is 111 Å². The van der Waals surface area contributed by atoms with Crippen LogP contribution in [0.2, 0.25) is 0 Å². The molecule has 0 heteroatoms. The zero-order chi connectivity index (χ0) is 84.4. The highest BCUT2D eigenvalue weighted by Crippen LogP contribution is 2.51. The van der Waals surface area contributed by atoms with Crippen LogP contribution in [0.25, 0.3) is 0 Å². The summed E-state index contributed by atoms with van der Waals surface area (Å²) in [7, 11) is 0. The summed E-state index contributed by atoms with van der Waals surface area (Å²) in [5, 5.41) is 0. The minimum atomic E-state index is -2.92. The molecule has 2 fully saturated rings. The van der Waals surface area contributed by atoms with Crippen LogP contribution in [-0.2, 0) is 0 Å². The quantitative estimate of drug-likeness (QED) is 0.263. The number of hydrogen-bond acceptors (Lipinski definition) is 0. The maximum absolute atomic E-state index is 7.94. The Morgan fingerprint density at radius 1 is 0.440 bits per heavy atom. The Kier molecular flexibility index (Phi) is 23.5. The van der Waals surface area contributed by atoms with E-state index in [0.29, 0.717) is 21.7 Å². The van der Waals surface area contributed by atoms with Crippen molar-refractivity contribution in [1.29, 1.82) is 0 Å². The zero-order valence-electron chi connectivity index (χ0n) is 84.4. The smallest absolute Gasteiger partial charge is 0.0305 e. The second-order valence-electron chi connectivity index (χ2n) is 33.1. The zero-order valence-corrected chi connectivity index (χ0v) is 59.4. The molecule has 2 aliphatic carbocycles. The Balaban J connectivity index is -0.000000196. The molecule has 464 valence electrons. The first-order valence-corrected chi connectivity index (χ1v) is 29.4. The molecule has 0 aromatic carbocycles. The van der Waals surface area contributed by atoms with Crippen molar-refractivity contribution < 1.29 is 34.3 Å². The lowest BCUT2D eigenvalue weighted by molar-refractivity contribution is 0.0601. The van der Waals surface area contributed by atoms with E-state index in [2.05, 4.69) is 76.2 Å². The molecule has 2 saturated carbocycles. The molecule has 0 saturated heterocycles. The summed E-state index contributed by atoms with van der Waals surface area (Å²) in [6.07, 6.45) is 1.78. The van der Waals surface area contributed by atoms with Gasteiger partial charge in [-0.2, -0.15) is 0 Å². The van der Waals surface area contributed by atoms with Crippen LogP contribution in [0.3, 0.4) is 0 Å². The van der Waals surface area contributed by atoms with Gasteiger partial charge in [-0.3, -0.25) is 0 Å². The van der Waals surface area contributed by atoms with E-state index in [9.17, 15) is 0 Å². The highest BCUT2D eigenvalue weighted by molar-refractivity contribution is 4.90. The van der Waals surface area contributed by atoms with Crippen LogP contribution < -0.4 is 0 Å². The normalized spacial score (nSPS) is 24.1. The fourth-order valence-electron chi connectivity index (χ4n) is 7.10. The van der Waals surface area contributed by atoms with Crippen LogP contribution in [0.4, 0.5) is 0 Å². The number of rotatable bonds is 4. The molecule has 0 bridgehead atoms. The van der Waals surface area contributed by atoms with Crippen LogP contribution >= 0.6 is 0 Å². The van der Waals surface area contributed by atoms with Gasteiger partial charge >= 0.3 is 0 Å². The average molecular weight is 1090 g/mol. The maximum Gasteiger partial charge on any atom is 0.0305 e. The molecule has 0 aromatic heterocycles. The third-order valence-corrected chi connectivity index (χ3v) is 14.0. The molecule has 0 N–H and O–H groups in total. The van der Waals surface area contributed by atoms with Crippen molar-refractivity contribution in [2.75, 3.05) is 0 Å². The third kappa shape index (κ3) is 58.5.